The Balaban J connectivity index is 2.16. The van der Waals surface area contributed by atoms with Crippen LogP contribution in [0.4, 0.5) is 0 Å². The Morgan fingerprint density at radius 3 is 1.74 bits per heavy atom. The van der Waals surface area contributed by atoms with Crippen molar-refractivity contribution in [3.63, 3.8) is 0 Å². The summed E-state index contributed by atoms with van der Waals surface area (Å²) in [6.45, 7) is 4.15. The average molecular weight is 302 g/mol. The van der Waals surface area contributed by atoms with E-state index in [9.17, 15) is 5.11 Å². The molecule has 3 aromatic rings. The van der Waals surface area contributed by atoms with E-state index < -0.39 is 5.60 Å². The highest BCUT2D eigenvalue weighted by Gasteiger charge is 2.38. The Morgan fingerprint density at radius 1 is 0.696 bits per heavy atom. The molecule has 0 fully saturated rings. The van der Waals surface area contributed by atoms with Gasteiger partial charge in [0, 0.05) is 5.92 Å². The molecule has 0 aliphatic heterocycles. The van der Waals surface area contributed by atoms with Gasteiger partial charge in [0.2, 0.25) is 0 Å². The maximum absolute atomic E-state index is 11.8. The molecular weight excluding hydrogens is 280 g/mol. The van der Waals surface area contributed by atoms with Gasteiger partial charge in [-0.15, -0.1) is 0 Å². The number of hydrogen-bond donors (Lipinski definition) is 1. The van der Waals surface area contributed by atoms with Gasteiger partial charge >= 0.3 is 0 Å². The molecular formula is C22H22O. The van der Waals surface area contributed by atoms with Crippen LogP contribution in [0.2, 0.25) is 0 Å². The van der Waals surface area contributed by atoms with E-state index in [0.29, 0.717) is 0 Å². The fourth-order valence-electron chi connectivity index (χ4n) is 3.15. The largest absolute Gasteiger partial charge is 0.380 e. The number of benzene rings is 3. The van der Waals surface area contributed by atoms with Crippen LogP contribution in [0.15, 0.2) is 84.9 Å². The van der Waals surface area contributed by atoms with Crippen LogP contribution < -0.4 is 0 Å². The molecule has 0 saturated carbocycles. The standard InChI is InChI=1S/C22H22O/c1-17-13-15-21(16-14-17)22(23,20-11-7-4-8-12-20)18(2)19-9-5-3-6-10-19/h3-16,18,23H,1-2H3/t18?,22-/m0/s1. The van der Waals surface area contributed by atoms with Crippen molar-refractivity contribution in [2.45, 2.75) is 25.4 Å². The van der Waals surface area contributed by atoms with Crippen LogP contribution >= 0.6 is 0 Å². The minimum absolute atomic E-state index is 0.0613. The highest BCUT2D eigenvalue weighted by molar-refractivity contribution is 5.42. The van der Waals surface area contributed by atoms with E-state index in [1.54, 1.807) is 0 Å². The van der Waals surface area contributed by atoms with Gasteiger partial charge in [-0.05, 0) is 23.6 Å². The topological polar surface area (TPSA) is 20.2 Å². The Kier molecular flexibility index (Phi) is 4.31. The van der Waals surface area contributed by atoms with Gasteiger partial charge in [-0.3, -0.25) is 0 Å². The van der Waals surface area contributed by atoms with Gasteiger partial charge in [0.25, 0.3) is 0 Å². The molecule has 0 saturated heterocycles. The third-order valence-electron chi connectivity index (χ3n) is 4.63. The number of aliphatic hydroxyl groups is 1. The van der Waals surface area contributed by atoms with Gasteiger partial charge in [-0.2, -0.15) is 0 Å². The quantitative estimate of drug-likeness (QED) is 0.716. The van der Waals surface area contributed by atoms with Crippen LogP contribution in [-0.4, -0.2) is 5.11 Å². The molecule has 23 heavy (non-hydrogen) atoms. The molecule has 1 N–H and O–H groups in total. The first-order valence-electron chi connectivity index (χ1n) is 8.02. The molecule has 0 aromatic heterocycles. The molecule has 0 bridgehead atoms. The zero-order chi connectivity index (χ0) is 16.3. The van der Waals surface area contributed by atoms with Crippen LogP contribution in [0.3, 0.4) is 0 Å². The molecule has 1 unspecified atom stereocenters. The van der Waals surface area contributed by atoms with Crippen molar-refractivity contribution in [2.75, 3.05) is 0 Å². The first-order chi connectivity index (χ1) is 11.1. The van der Waals surface area contributed by atoms with Crippen LogP contribution in [0.25, 0.3) is 0 Å². The van der Waals surface area contributed by atoms with Gasteiger partial charge in [-0.25, -0.2) is 0 Å². The molecule has 0 heterocycles. The first kappa shape index (κ1) is 15.5. The summed E-state index contributed by atoms with van der Waals surface area (Å²) in [5.74, 6) is -0.0613. The Labute approximate surface area is 138 Å². The minimum Gasteiger partial charge on any atom is -0.380 e. The van der Waals surface area contributed by atoms with Crippen molar-refractivity contribution in [1.29, 1.82) is 0 Å². The van der Waals surface area contributed by atoms with Crippen molar-refractivity contribution >= 4 is 0 Å². The minimum atomic E-state index is -1.06. The van der Waals surface area contributed by atoms with Gasteiger partial charge < -0.3 is 5.11 Å². The summed E-state index contributed by atoms with van der Waals surface area (Å²) in [6.07, 6.45) is 0. The van der Waals surface area contributed by atoms with E-state index >= 15 is 0 Å². The van der Waals surface area contributed by atoms with E-state index in [1.807, 2.05) is 60.7 Å². The fraction of sp³-hybridized carbons (Fsp3) is 0.182. The summed E-state index contributed by atoms with van der Waals surface area (Å²) in [4.78, 5) is 0. The molecule has 0 amide bonds. The van der Waals surface area contributed by atoms with Crippen LogP contribution in [-0.2, 0) is 5.60 Å². The van der Waals surface area contributed by atoms with E-state index in [1.165, 1.54) is 5.56 Å². The SMILES string of the molecule is Cc1ccc([C@@](O)(c2ccccc2)C(C)c2ccccc2)cc1. The van der Waals surface area contributed by atoms with Crippen molar-refractivity contribution < 1.29 is 5.11 Å². The maximum atomic E-state index is 11.8. The Hall–Kier alpha value is -2.38. The molecule has 1 nitrogen and oxygen atoms in total. The lowest BCUT2D eigenvalue weighted by Crippen LogP contribution is -2.33. The van der Waals surface area contributed by atoms with E-state index in [4.69, 9.17) is 0 Å². The second-order valence-electron chi connectivity index (χ2n) is 6.13. The Bertz CT molecular complexity index is 747. The summed E-state index contributed by atoms with van der Waals surface area (Å²) >= 11 is 0. The van der Waals surface area contributed by atoms with E-state index in [-0.39, 0.29) is 5.92 Å². The third-order valence-corrected chi connectivity index (χ3v) is 4.63. The molecule has 116 valence electrons. The molecule has 3 aromatic carbocycles. The van der Waals surface area contributed by atoms with E-state index in [0.717, 1.165) is 16.7 Å². The van der Waals surface area contributed by atoms with Gasteiger partial charge in [0.15, 0.2) is 0 Å². The second-order valence-corrected chi connectivity index (χ2v) is 6.13. The van der Waals surface area contributed by atoms with Gasteiger partial charge in [-0.1, -0.05) is 97.4 Å². The van der Waals surface area contributed by atoms with Crippen molar-refractivity contribution in [3.05, 3.63) is 107 Å². The third kappa shape index (κ3) is 2.93. The number of rotatable bonds is 4. The molecule has 0 aliphatic carbocycles. The van der Waals surface area contributed by atoms with Crippen molar-refractivity contribution in [3.8, 4) is 0 Å². The predicted octanol–water partition coefficient (Wildman–Crippen LogP) is 5.03. The lowest BCUT2D eigenvalue weighted by Gasteiger charge is -2.36. The Morgan fingerprint density at radius 2 is 1.17 bits per heavy atom. The van der Waals surface area contributed by atoms with Crippen LogP contribution in [0.1, 0.15) is 35.1 Å². The van der Waals surface area contributed by atoms with Gasteiger partial charge in [0.1, 0.15) is 5.60 Å². The number of aryl methyl sites for hydroxylation is 1. The lowest BCUT2D eigenvalue weighted by molar-refractivity contribution is 0.0554. The zero-order valence-electron chi connectivity index (χ0n) is 13.6. The molecule has 0 spiro atoms. The molecule has 1 heteroatoms. The molecule has 0 aliphatic rings. The summed E-state index contributed by atoms with van der Waals surface area (Å²) in [6, 6.07) is 28.3. The van der Waals surface area contributed by atoms with Crippen molar-refractivity contribution in [2.24, 2.45) is 0 Å². The highest BCUT2D eigenvalue weighted by atomic mass is 16.3. The smallest absolute Gasteiger partial charge is 0.121 e. The zero-order valence-corrected chi connectivity index (χ0v) is 13.6. The molecule has 2 atom stereocenters. The highest BCUT2D eigenvalue weighted by Crippen LogP contribution is 2.42. The lowest BCUT2D eigenvalue weighted by atomic mass is 9.74. The first-order valence-corrected chi connectivity index (χ1v) is 8.02. The molecule has 0 radical (unpaired) electrons. The summed E-state index contributed by atoms with van der Waals surface area (Å²) < 4.78 is 0. The molecule has 3 rings (SSSR count). The normalized spacial score (nSPS) is 14.9. The maximum Gasteiger partial charge on any atom is 0.121 e. The summed E-state index contributed by atoms with van der Waals surface area (Å²) in [5, 5.41) is 11.8. The van der Waals surface area contributed by atoms with Crippen LogP contribution in [0, 0.1) is 6.92 Å². The average Bonchev–Trinajstić information content (AvgIpc) is 2.62. The monoisotopic (exact) mass is 302 g/mol. The summed E-state index contributed by atoms with van der Waals surface area (Å²) in [7, 11) is 0. The predicted molar refractivity (Wildman–Crippen MR) is 95.5 cm³/mol. The van der Waals surface area contributed by atoms with Crippen LogP contribution in [0.5, 0.6) is 0 Å². The fourth-order valence-corrected chi connectivity index (χ4v) is 3.15. The summed E-state index contributed by atoms with van der Waals surface area (Å²) in [5.41, 5.74) is 3.10. The van der Waals surface area contributed by atoms with Crippen molar-refractivity contribution in [1.82, 2.24) is 0 Å². The van der Waals surface area contributed by atoms with E-state index in [2.05, 4.69) is 38.1 Å². The number of hydrogen-bond acceptors (Lipinski definition) is 1. The second kappa shape index (κ2) is 6.39. The van der Waals surface area contributed by atoms with Gasteiger partial charge in [0.05, 0.1) is 0 Å².